The molecular formula is C122H90N2Si2. The van der Waals surface area contributed by atoms with Crippen LogP contribution in [0.3, 0.4) is 0 Å². The summed E-state index contributed by atoms with van der Waals surface area (Å²) in [5.41, 5.74) is 25.7. The summed E-state index contributed by atoms with van der Waals surface area (Å²) < 4.78 is 0. The first kappa shape index (κ1) is 77.7. The van der Waals surface area contributed by atoms with Gasteiger partial charge in [0.1, 0.15) is 0 Å². The molecule has 0 aromatic heterocycles. The SMILES string of the molecule is c1ccc(-c2ccc3c(c2)C(c2ccccc2)(c2ccccc2)c2cc(N(c4ccccc4)c4ccc(-c5ccc([Si](c6ccccc6)(c6ccccc6)c6ccccc6)cc5)cc4)ccc2-3)cc1.c1ccc(N(c2ccc([Si](c3ccccc3)(c3ccccc3)c3ccccc3)cc2)c2ccc3c(c2)C(c2ccccc2)(c2ccccc2)c2ccccc2-3)cc1. The van der Waals surface area contributed by atoms with E-state index in [0.29, 0.717) is 0 Å². The minimum absolute atomic E-state index is 0.483. The number of nitrogens with zero attached hydrogens (tertiary/aromatic N) is 2. The van der Waals surface area contributed by atoms with Crippen LogP contribution in [0.5, 0.6) is 0 Å². The van der Waals surface area contributed by atoms with Crippen LogP contribution in [0.4, 0.5) is 34.1 Å². The van der Waals surface area contributed by atoms with Gasteiger partial charge in [-0.05, 0) is 209 Å². The predicted molar refractivity (Wildman–Crippen MR) is 535 cm³/mol. The Balaban J connectivity index is 0.000000157. The van der Waals surface area contributed by atoms with E-state index in [1.807, 2.05) is 0 Å². The number of fused-ring (bicyclic) bond motifs is 6. The molecule has 22 rings (SSSR count). The van der Waals surface area contributed by atoms with Crippen molar-refractivity contribution in [1.29, 1.82) is 0 Å². The second kappa shape index (κ2) is 34.0. The lowest BCUT2D eigenvalue weighted by Crippen LogP contribution is -2.74. The second-order valence-electron chi connectivity index (χ2n) is 32.8. The van der Waals surface area contributed by atoms with Crippen LogP contribution in [-0.4, -0.2) is 16.1 Å². The molecule has 2 nitrogen and oxygen atoms in total. The second-order valence-corrected chi connectivity index (χ2v) is 40.4. The third-order valence-corrected chi connectivity index (χ3v) is 35.8. The van der Waals surface area contributed by atoms with E-state index in [-0.39, 0.29) is 0 Å². The van der Waals surface area contributed by atoms with Crippen LogP contribution in [0.15, 0.2) is 546 Å². The van der Waals surface area contributed by atoms with Crippen LogP contribution in [0.1, 0.15) is 44.5 Å². The molecule has 0 bridgehead atoms. The number of hydrogen-bond donors (Lipinski definition) is 0. The van der Waals surface area contributed by atoms with Gasteiger partial charge in [-0.25, -0.2) is 0 Å². The highest BCUT2D eigenvalue weighted by molar-refractivity contribution is 7.20. The molecule has 0 spiro atoms. The minimum Gasteiger partial charge on any atom is -0.310 e. The molecule has 0 N–H and O–H groups in total. The smallest absolute Gasteiger partial charge is 0.179 e. The number of anilines is 6. The van der Waals surface area contributed by atoms with Crippen LogP contribution in [0, 0.1) is 0 Å². The first-order chi connectivity index (χ1) is 62.5. The van der Waals surface area contributed by atoms with Crippen molar-refractivity contribution in [3.8, 4) is 44.5 Å². The average Bonchev–Trinajstić information content (AvgIpc) is 1.54. The summed E-state index contributed by atoms with van der Waals surface area (Å²) in [6.07, 6.45) is 0. The molecule has 0 radical (unpaired) electrons. The fraction of sp³-hybridized carbons (Fsp3) is 0.0164. The Morgan fingerprint density at radius 1 is 0.135 bits per heavy atom. The highest BCUT2D eigenvalue weighted by Crippen LogP contribution is 2.60. The van der Waals surface area contributed by atoms with Gasteiger partial charge < -0.3 is 9.80 Å². The van der Waals surface area contributed by atoms with E-state index in [2.05, 4.69) is 556 Å². The summed E-state index contributed by atoms with van der Waals surface area (Å²) in [5.74, 6) is 0. The summed E-state index contributed by atoms with van der Waals surface area (Å²) in [6.45, 7) is 0. The number of hydrogen-bond acceptors (Lipinski definition) is 2. The summed E-state index contributed by atoms with van der Waals surface area (Å²) >= 11 is 0. The van der Waals surface area contributed by atoms with E-state index in [0.717, 1.165) is 34.1 Å². The number of para-hydroxylation sites is 2. The Labute approximate surface area is 742 Å². The topological polar surface area (TPSA) is 6.48 Å². The monoisotopic (exact) mass is 1640 g/mol. The van der Waals surface area contributed by atoms with Gasteiger partial charge in [0.25, 0.3) is 0 Å². The van der Waals surface area contributed by atoms with E-state index in [1.54, 1.807) is 0 Å². The molecule has 2 aliphatic rings. The first-order valence-corrected chi connectivity index (χ1v) is 47.7. The first-order valence-electron chi connectivity index (χ1n) is 43.7. The molecule has 0 saturated heterocycles. The fourth-order valence-corrected chi connectivity index (χ4v) is 30.2. The number of benzene rings is 20. The predicted octanol–water partition coefficient (Wildman–Crippen LogP) is 25.1. The van der Waals surface area contributed by atoms with E-state index >= 15 is 0 Å². The molecule has 126 heavy (non-hydrogen) atoms. The van der Waals surface area contributed by atoms with Gasteiger partial charge in [0, 0.05) is 34.1 Å². The molecular weight excluding hydrogens is 1550 g/mol. The molecule has 0 aliphatic heterocycles. The Hall–Kier alpha value is -15.6. The van der Waals surface area contributed by atoms with Crippen LogP contribution in [-0.2, 0) is 10.8 Å². The highest BCUT2D eigenvalue weighted by Gasteiger charge is 2.49. The van der Waals surface area contributed by atoms with Crippen molar-refractivity contribution in [2.24, 2.45) is 0 Å². The van der Waals surface area contributed by atoms with Crippen LogP contribution in [0.25, 0.3) is 44.5 Å². The van der Waals surface area contributed by atoms with Crippen molar-refractivity contribution in [3.63, 3.8) is 0 Å². The summed E-state index contributed by atoms with van der Waals surface area (Å²) in [6, 6.07) is 202. The average molecular weight is 1640 g/mol. The Morgan fingerprint density at radius 2 is 0.341 bits per heavy atom. The summed E-state index contributed by atoms with van der Waals surface area (Å²) in [4.78, 5) is 4.83. The van der Waals surface area contributed by atoms with Gasteiger partial charge in [-0.3, -0.25) is 0 Å². The maximum absolute atomic E-state index is 2.68. The minimum atomic E-state index is -2.68. The standard InChI is InChI=1S/C67H49NSi.C55H41NSi/c1-8-22-50(23-9-1)53-40-46-63-64-47-43-58(49-66(64)67(65(63)48-53,54-24-10-2-11-25-54)55-26-12-3-13-27-55)68(56-28-14-4-15-29-56)57-41-36-51(37-42-57)52-38-44-62(45-39-52)69(59-30-16-5-17-31-59,60-32-18-6-19-33-60)61-34-20-7-21-35-61;1-7-21-42(22-8-1)55(43-23-9-2-10-24-43)53-34-20-19-33-51(53)52-40-37-46(41-54(52)55)56(44-25-11-3-12-26-44)45-35-38-50(39-36-45)57(47-27-13-4-14-28-47,48-29-15-5-16-30-48)49-31-17-6-18-32-49/h1-49H;1-41H. The van der Waals surface area contributed by atoms with Gasteiger partial charge in [0.05, 0.1) is 10.8 Å². The van der Waals surface area contributed by atoms with Crippen molar-refractivity contribution >= 4 is 91.8 Å². The van der Waals surface area contributed by atoms with Crippen molar-refractivity contribution in [2.75, 3.05) is 9.80 Å². The number of rotatable bonds is 20. The molecule has 2 aliphatic carbocycles. The molecule has 0 atom stereocenters. The summed E-state index contributed by atoms with van der Waals surface area (Å²) in [7, 11) is -5.31. The normalized spacial score (nSPS) is 12.6. The third kappa shape index (κ3) is 13.5. The fourth-order valence-electron chi connectivity index (χ4n) is 20.8. The van der Waals surface area contributed by atoms with Gasteiger partial charge in [-0.15, -0.1) is 0 Å². The van der Waals surface area contributed by atoms with E-state index < -0.39 is 27.0 Å². The van der Waals surface area contributed by atoms with Gasteiger partial charge in [-0.2, -0.15) is 0 Å². The molecule has 0 amide bonds. The molecule has 596 valence electrons. The van der Waals surface area contributed by atoms with Crippen molar-refractivity contribution < 1.29 is 0 Å². The molecule has 20 aromatic carbocycles. The lowest BCUT2D eigenvalue weighted by atomic mass is 9.67. The van der Waals surface area contributed by atoms with Crippen LogP contribution < -0.4 is 51.3 Å². The van der Waals surface area contributed by atoms with E-state index in [4.69, 9.17) is 0 Å². The zero-order chi connectivity index (χ0) is 84.1. The van der Waals surface area contributed by atoms with Gasteiger partial charge in [0.2, 0.25) is 0 Å². The Bertz CT molecular complexity index is 6830. The molecule has 4 heteroatoms. The molecule has 0 fully saturated rings. The quantitative estimate of drug-likeness (QED) is 0.0554. The van der Waals surface area contributed by atoms with Crippen molar-refractivity contribution in [2.45, 2.75) is 10.8 Å². The zero-order valence-electron chi connectivity index (χ0n) is 69.9. The molecule has 0 unspecified atom stereocenters. The largest absolute Gasteiger partial charge is 0.310 e. The van der Waals surface area contributed by atoms with E-state index in [9.17, 15) is 0 Å². The van der Waals surface area contributed by atoms with Gasteiger partial charge in [-0.1, -0.05) is 467 Å². The van der Waals surface area contributed by atoms with Crippen LogP contribution >= 0.6 is 0 Å². The molecule has 0 saturated carbocycles. The van der Waals surface area contributed by atoms with Gasteiger partial charge >= 0.3 is 0 Å². The lowest BCUT2D eigenvalue weighted by Gasteiger charge is -2.35. The third-order valence-electron chi connectivity index (χ3n) is 26.2. The van der Waals surface area contributed by atoms with Crippen molar-refractivity contribution in [1.82, 2.24) is 0 Å². The summed E-state index contributed by atoms with van der Waals surface area (Å²) in [5, 5.41) is 10.9. The van der Waals surface area contributed by atoms with Crippen molar-refractivity contribution in [3.05, 3.63) is 590 Å². The maximum Gasteiger partial charge on any atom is 0.179 e. The molecule has 20 aromatic rings. The van der Waals surface area contributed by atoms with Gasteiger partial charge in [0.15, 0.2) is 16.1 Å². The maximum atomic E-state index is 2.46. The molecule has 0 heterocycles. The van der Waals surface area contributed by atoms with E-state index in [1.165, 1.54) is 131 Å². The van der Waals surface area contributed by atoms with Crippen LogP contribution in [0.2, 0.25) is 0 Å². The lowest BCUT2D eigenvalue weighted by molar-refractivity contribution is 0.768. The zero-order valence-corrected chi connectivity index (χ0v) is 71.9. The Kier molecular flexibility index (Phi) is 21.0. The highest BCUT2D eigenvalue weighted by atomic mass is 28.3. The Morgan fingerprint density at radius 3 is 0.683 bits per heavy atom.